The van der Waals surface area contributed by atoms with E-state index in [4.69, 9.17) is 0 Å². The molecule has 2 atom stereocenters. The predicted octanol–water partition coefficient (Wildman–Crippen LogP) is 2.66. The van der Waals surface area contributed by atoms with Gasteiger partial charge < -0.3 is 9.80 Å². The van der Waals surface area contributed by atoms with Gasteiger partial charge in [-0.3, -0.25) is 9.69 Å². The molecule has 4 heterocycles. The first-order valence-electron chi connectivity index (χ1n) is 9.44. The molecule has 0 unspecified atom stereocenters. The largest absolute Gasteiger partial charge is 0.338 e. The van der Waals surface area contributed by atoms with Crippen molar-refractivity contribution >= 4 is 17.2 Å². The summed E-state index contributed by atoms with van der Waals surface area (Å²) in [5, 5.41) is 4.43. The lowest BCUT2D eigenvalue weighted by Gasteiger charge is -2.42. The lowest BCUT2D eigenvalue weighted by Crippen LogP contribution is -2.54. The monoisotopic (exact) mass is 347 g/mol. The zero-order valence-corrected chi connectivity index (χ0v) is 15.5. The van der Waals surface area contributed by atoms with Gasteiger partial charge in [-0.05, 0) is 74.1 Å². The maximum absolute atomic E-state index is 12.6. The summed E-state index contributed by atoms with van der Waals surface area (Å²) in [6.07, 6.45) is 5.45. The minimum Gasteiger partial charge on any atom is -0.338 e. The minimum atomic E-state index is 0.410. The molecule has 0 saturated carbocycles. The van der Waals surface area contributed by atoms with Gasteiger partial charge >= 0.3 is 0 Å². The fourth-order valence-corrected chi connectivity index (χ4v) is 5.47. The van der Waals surface area contributed by atoms with Crippen molar-refractivity contribution in [2.24, 2.45) is 5.92 Å². The molecule has 0 aliphatic carbocycles. The number of thiophene rings is 1. The summed E-state index contributed by atoms with van der Waals surface area (Å²) in [4.78, 5) is 19.9. The maximum atomic E-state index is 12.6. The van der Waals surface area contributed by atoms with Crippen LogP contribution in [-0.2, 0) is 11.3 Å². The smallest absolute Gasteiger partial charge is 0.222 e. The van der Waals surface area contributed by atoms with Crippen LogP contribution in [0.2, 0.25) is 0 Å². The van der Waals surface area contributed by atoms with Crippen molar-refractivity contribution in [3.05, 3.63) is 22.4 Å². The van der Waals surface area contributed by atoms with Crippen LogP contribution in [0.25, 0.3) is 0 Å². The molecule has 1 aromatic rings. The van der Waals surface area contributed by atoms with Crippen LogP contribution in [0.15, 0.2) is 16.8 Å². The van der Waals surface area contributed by atoms with Gasteiger partial charge in [0.25, 0.3) is 0 Å². The topological polar surface area (TPSA) is 26.8 Å². The molecule has 24 heavy (non-hydrogen) atoms. The number of rotatable bonds is 4. The van der Waals surface area contributed by atoms with Crippen LogP contribution in [0.1, 0.15) is 37.7 Å². The fraction of sp³-hybridized carbons (Fsp3) is 0.737. The average Bonchev–Trinajstić information content (AvgIpc) is 3.23. The molecule has 3 aliphatic rings. The Morgan fingerprint density at radius 1 is 1.12 bits per heavy atom. The Hall–Kier alpha value is -0.910. The number of fused-ring (bicyclic) bond motifs is 1. The third kappa shape index (κ3) is 3.39. The molecule has 1 amide bonds. The van der Waals surface area contributed by atoms with Crippen molar-refractivity contribution in [2.45, 2.75) is 50.7 Å². The summed E-state index contributed by atoms with van der Waals surface area (Å²) in [6.45, 7) is 5.57. The molecule has 3 aliphatic heterocycles. The number of likely N-dealkylation sites (tertiary alicyclic amines) is 3. The first-order chi connectivity index (χ1) is 11.7. The third-order valence-corrected chi connectivity index (χ3v) is 6.99. The summed E-state index contributed by atoms with van der Waals surface area (Å²) in [7, 11) is 2.21. The van der Waals surface area contributed by atoms with Gasteiger partial charge in [0.1, 0.15) is 0 Å². The highest BCUT2D eigenvalue weighted by Crippen LogP contribution is 2.34. The zero-order chi connectivity index (χ0) is 16.5. The van der Waals surface area contributed by atoms with Crippen molar-refractivity contribution in [1.29, 1.82) is 0 Å². The van der Waals surface area contributed by atoms with E-state index >= 15 is 0 Å². The van der Waals surface area contributed by atoms with Crippen molar-refractivity contribution in [3.63, 3.8) is 0 Å². The summed E-state index contributed by atoms with van der Waals surface area (Å²) >= 11 is 1.78. The Bertz CT molecular complexity index is 553. The Kier molecular flexibility index (Phi) is 4.93. The van der Waals surface area contributed by atoms with Crippen molar-refractivity contribution < 1.29 is 4.79 Å². The van der Waals surface area contributed by atoms with Gasteiger partial charge in [-0.25, -0.2) is 0 Å². The molecule has 132 valence electrons. The van der Waals surface area contributed by atoms with E-state index < -0.39 is 0 Å². The number of amides is 1. The van der Waals surface area contributed by atoms with Gasteiger partial charge in [0, 0.05) is 38.1 Å². The summed E-state index contributed by atoms with van der Waals surface area (Å²) in [5.74, 6) is 1.11. The molecule has 4 rings (SSSR count). The quantitative estimate of drug-likeness (QED) is 0.838. The highest BCUT2D eigenvalue weighted by atomic mass is 32.1. The van der Waals surface area contributed by atoms with E-state index in [1.165, 1.54) is 31.5 Å². The lowest BCUT2D eigenvalue weighted by atomic mass is 9.91. The van der Waals surface area contributed by atoms with E-state index in [9.17, 15) is 4.79 Å². The molecular formula is C19H29N3OS. The van der Waals surface area contributed by atoms with E-state index in [1.807, 2.05) is 0 Å². The summed E-state index contributed by atoms with van der Waals surface area (Å²) in [6, 6.07) is 3.28. The molecule has 5 heteroatoms. The van der Waals surface area contributed by atoms with E-state index in [0.717, 1.165) is 38.9 Å². The zero-order valence-electron chi connectivity index (χ0n) is 14.7. The second-order valence-corrected chi connectivity index (χ2v) is 8.64. The molecular weight excluding hydrogens is 318 g/mol. The number of hydrogen-bond donors (Lipinski definition) is 0. The molecule has 0 spiro atoms. The highest BCUT2D eigenvalue weighted by molar-refractivity contribution is 7.07. The van der Waals surface area contributed by atoms with Crippen LogP contribution < -0.4 is 0 Å². The Labute approximate surface area is 149 Å². The lowest BCUT2D eigenvalue weighted by molar-refractivity contribution is -0.138. The minimum absolute atomic E-state index is 0.410. The van der Waals surface area contributed by atoms with Crippen molar-refractivity contribution in [1.82, 2.24) is 14.7 Å². The molecule has 3 fully saturated rings. The van der Waals surface area contributed by atoms with Gasteiger partial charge in [-0.2, -0.15) is 11.3 Å². The van der Waals surface area contributed by atoms with Gasteiger partial charge in [0.05, 0.1) is 0 Å². The molecule has 3 saturated heterocycles. The molecule has 0 aromatic carbocycles. The number of nitrogens with zero attached hydrogens (tertiary/aromatic N) is 3. The van der Waals surface area contributed by atoms with Gasteiger partial charge in [-0.15, -0.1) is 0 Å². The Morgan fingerprint density at radius 3 is 2.71 bits per heavy atom. The van der Waals surface area contributed by atoms with Crippen LogP contribution in [0, 0.1) is 5.92 Å². The Balaban J connectivity index is 1.40. The second-order valence-electron chi connectivity index (χ2n) is 7.86. The molecule has 0 N–H and O–H groups in total. The van der Waals surface area contributed by atoms with Crippen LogP contribution in [0.5, 0.6) is 0 Å². The fourth-order valence-electron chi connectivity index (χ4n) is 4.81. The molecule has 1 aromatic heterocycles. The first kappa shape index (κ1) is 16.6. The number of carbonyl (C=O) groups is 1. The summed E-state index contributed by atoms with van der Waals surface area (Å²) in [5.41, 5.74) is 1.43. The van der Waals surface area contributed by atoms with Gasteiger partial charge in [-0.1, -0.05) is 0 Å². The number of hydrogen-bond acceptors (Lipinski definition) is 4. The first-order valence-corrected chi connectivity index (χ1v) is 10.4. The van der Waals surface area contributed by atoms with E-state index in [-0.39, 0.29) is 0 Å². The average molecular weight is 348 g/mol. The van der Waals surface area contributed by atoms with Gasteiger partial charge in [0.2, 0.25) is 5.91 Å². The Morgan fingerprint density at radius 2 is 1.96 bits per heavy atom. The van der Waals surface area contributed by atoms with Crippen molar-refractivity contribution in [2.75, 3.05) is 33.2 Å². The van der Waals surface area contributed by atoms with Crippen LogP contribution >= 0.6 is 11.3 Å². The normalized spacial score (nSPS) is 30.0. The van der Waals surface area contributed by atoms with E-state index in [1.54, 1.807) is 11.3 Å². The summed E-state index contributed by atoms with van der Waals surface area (Å²) < 4.78 is 0. The highest BCUT2D eigenvalue weighted by Gasteiger charge is 2.43. The predicted molar refractivity (Wildman–Crippen MR) is 98.1 cm³/mol. The van der Waals surface area contributed by atoms with E-state index in [2.05, 4.69) is 38.6 Å². The van der Waals surface area contributed by atoms with Crippen LogP contribution in [-0.4, -0.2) is 65.9 Å². The van der Waals surface area contributed by atoms with Crippen molar-refractivity contribution in [3.8, 4) is 0 Å². The SMILES string of the molecule is CN1CCC(CN2C(=O)CC[C@@H]3[C@H]2CCN3Cc2ccsc2)CC1. The number of piperidine rings is 2. The molecule has 0 radical (unpaired) electrons. The standard InChI is InChI=1S/C19H29N3OS/c1-20-8-4-15(5-9-20)13-22-18-6-10-21(12-16-7-11-24-14-16)17(18)2-3-19(22)23/h7,11,14-15,17-18H,2-6,8-10,12-13H2,1H3/t17-,18-/m1/s1. The second kappa shape index (κ2) is 7.14. The number of carbonyl (C=O) groups excluding carboxylic acids is 1. The third-order valence-electron chi connectivity index (χ3n) is 6.26. The van der Waals surface area contributed by atoms with Gasteiger partial charge in [0.15, 0.2) is 0 Å². The molecule has 4 nitrogen and oxygen atoms in total. The molecule has 0 bridgehead atoms. The van der Waals surface area contributed by atoms with E-state index in [0.29, 0.717) is 23.9 Å². The maximum Gasteiger partial charge on any atom is 0.222 e. The van der Waals surface area contributed by atoms with Crippen LogP contribution in [0.4, 0.5) is 0 Å². The van der Waals surface area contributed by atoms with Crippen LogP contribution in [0.3, 0.4) is 0 Å².